The van der Waals surface area contributed by atoms with E-state index >= 15 is 0 Å². The molecule has 53 heavy (non-hydrogen) atoms. The molecule has 20 nitrogen and oxygen atoms in total. The van der Waals surface area contributed by atoms with E-state index < -0.39 is 115 Å². The predicted molar refractivity (Wildman–Crippen MR) is 185 cm³/mol. The van der Waals surface area contributed by atoms with Crippen LogP contribution in [0.3, 0.4) is 0 Å². The summed E-state index contributed by atoms with van der Waals surface area (Å²) in [6.45, 7) is 6.16. The second-order valence-electron chi connectivity index (χ2n) is 12.9. The molecule has 8 atom stereocenters. The van der Waals surface area contributed by atoms with Crippen molar-refractivity contribution in [2.45, 2.75) is 109 Å². The number of hydrogen-bond donors (Lipinski definition) is 12. The second kappa shape index (κ2) is 21.9. The van der Waals surface area contributed by atoms with Gasteiger partial charge in [-0.3, -0.25) is 33.6 Å². The molecule has 0 heterocycles. The topological polar surface area (TPSA) is 336 Å². The first-order valence-electron chi connectivity index (χ1n) is 16.8. The van der Waals surface area contributed by atoms with Gasteiger partial charge in [-0.25, -0.2) is 4.79 Å². The van der Waals surface area contributed by atoms with E-state index in [0.29, 0.717) is 5.56 Å². The standard InChI is InChI=1S/C33H51N7O13/c1-15(2)12-23(30(49)36-16(3)27(46)37-22(33(52)53)10-11-25(44)45)38-31(50)24(14-41)39-32(51)26(18(5)42)40-28(47)17(4)35-29(48)21(34)13-19-6-8-20(43)9-7-19/h6-9,15-18,21-24,26,41-43H,10-14,34H2,1-5H3,(H,35,48)(H,36,49)(H,37,46)(H,38,50)(H,39,51)(H,40,47)(H,44,45)(H,52,53)/t16-,17-,18+,21-,22-,23-,24-,26-/m0/s1. The number of aliphatic carboxylic acids is 2. The number of phenolic OH excluding ortho intramolecular Hbond substituents is 1. The Labute approximate surface area is 305 Å². The number of nitrogens with two attached hydrogens (primary N) is 1. The maximum absolute atomic E-state index is 13.1. The molecule has 1 aromatic carbocycles. The number of nitrogens with one attached hydrogen (secondary N) is 6. The van der Waals surface area contributed by atoms with Gasteiger partial charge in [0.15, 0.2) is 0 Å². The Morgan fingerprint density at radius 1 is 0.660 bits per heavy atom. The lowest BCUT2D eigenvalue weighted by Crippen LogP contribution is -2.61. The van der Waals surface area contributed by atoms with Gasteiger partial charge in [0.2, 0.25) is 35.4 Å². The van der Waals surface area contributed by atoms with Gasteiger partial charge in [-0.05, 0) is 63.6 Å². The Hall–Kier alpha value is -5.34. The minimum absolute atomic E-state index is 0.0168. The van der Waals surface area contributed by atoms with Crippen LogP contribution in [0.5, 0.6) is 5.75 Å². The van der Waals surface area contributed by atoms with Crippen LogP contribution in [0.25, 0.3) is 0 Å². The number of carbonyl (C=O) groups is 8. The molecule has 296 valence electrons. The van der Waals surface area contributed by atoms with E-state index in [2.05, 4.69) is 31.9 Å². The van der Waals surface area contributed by atoms with Crippen LogP contribution in [-0.2, 0) is 44.8 Å². The number of benzene rings is 1. The van der Waals surface area contributed by atoms with E-state index in [-0.39, 0.29) is 24.5 Å². The molecule has 0 saturated heterocycles. The molecule has 1 rings (SSSR count). The molecule has 0 aliphatic heterocycles. The van der Waals surface area contributed by atoms with Crippen LogP contribution < -0.4 is 37.6 Å². The largest absolute Gasteiger partial charge is 0.508 e. The molecular formula is C33H51N7O13. The quantitative estimate of drug-likeness (QED) is 0.0549. The zero-order valence-corrected chi connectivity index (χ0v) is 30.1. The number of carboxylic acids is 2. The van der Waals surface area contributed by atoms with Gasteiger partial charge < -0.3 is 63.2 Å². The van der Waals surface area contributed by atoms with E-state index in [0.717, 1.165) is 0 Å². The fraction of sp³-hybridized carbons (Fsp3) is 0.576. The van der Waals surface area contributed by atoms with Crippen LogP contribution in [-0.4, -0.2) is 128 Å². The summed E-state index contributed by atoms with van der Waals surface area (Å²) < 4.78 is 0. The third kappa shape index (κ3) is 16.3. The predicted octanol–water partition coefficient (Wildman–Crippen LogP) is -3.42. The molecule has 1 aromatic rings. The van der Waals surface area contributed by atoms with Crippen molar-refractivity contribution in [3.8, 4) is 5.75 Å². The Morgan fingerprint density at radius 3 is 1.64 bits per heavy atom. The number of aromatic hydroxyl groups is 1. The Balaban J connectivity index is 2.90. The summed E-state index contributed by atoms with van der Waals surface area (Å²) in [7, 11) is 0. The molecule has 0 radical (unpaired) electrons. The van der Waals surface area contributed by atoms with Crippen molar-refractivity contribution in [2.24, 2.45) is 11.7 Å². The Kier molecular flexibility index (Phi) is 18.9. The van der Waals surface area contributed by atoms with Gasteiger partial charge in [0.25, 0.3) is 0 Å². The van der Waals surface area contributed by atoms with Crippen molar-refractivity contribution in [2.75, 3.05) is 6.61 Å². The molecule has 0 aliphatic rings. The normalized spacial score (nSPS) is 15.6. The summed E-state index contributed by atoms with van der Waals surface area (Å²) in [5.41, 5.74) is 6.59. The number of rotatable bonds is 22. The summed E-state index contributed by atoms with van der Waals surface area (Å²) in [6.07, 6.45) is -2.38. The number of carbonyl (C=O) groups excluding carboxylic acids is 6. The molecule has 0 aliphatic carbocycles. The van der Waals surface area contributed by atoms with Crippen molar-refractivity contribution < 1.29 is 63.9 Å². The number of hydrogen-bond acceptors (Lipinski definition) is 12. The van der Waals surface area contributed by atoms with Gasteiger partial charge in [-0.2, -0.15) is 0 Å². The van der Waals surface area contributed by atoms with Gasteiger partial charge in [0.1, 0.15) is 42.0 Å². The van der Waals surface area contributed by atoms with Crippen LogP contribution in [0.2, 0.25) is 0 Å². The summed E-state index contributed by atoms with van der Waals surface area (Å²) in [5.74, 6) is -8.50. The van der Waals surface area contributed by atoms with Gasteiger partial charge in [-0.15, -0.1) is 0 Å². The lowest BCUT2D eigenvalue weighted by molar-refractivity contribution is -0.143. The lowest BCUT2D eigenvalue weighted by Gasteiger charge is -2.27. The summed E-state index contributed by atoms with van der Waals surface area (Å²) in [6, 6.07) is -3.88. The van der Waals surface area contributed by atoms with Gasteiger partial charge in [0, 0.05) is 6.42 Å². The smallest absolute Gasteiger partial charge is 0.326 e. The van der Waals surface area contributed by atoms with Crippen LogP contribution >= 0.6 is 0 Å². The molecule has 0 saturated carbocycles. The lowest BCUT2D eigenvalue weighted by atomic mass is 10.0. The highest BCUT2D eigenvalue weighted by atomic mass is 16.4. The molecule has 20 heteroatoms. The summed E-state index contributed by atoms with van der Waals surface area (Å²) in [4.78, 5) is 99.7. The number of aliphatic hydroxyl groups excluding tert-OH is 2. The third-order valence-corrected chi connectivity index (χ3v) is 7.71. The SMILES string of the molecule is CC(C)C[C@H](NC(=O)[C@H](CO)NC(=O)[C@@H](NC(=O)[C@H](C)NC(=O)[C@@H](N)Cc1ccc(O)cc1)[C@@H](C)O)C(=O)N[C@@H](C)C(=O)N[C@@H](CCC(=O)O)C(=O)O. The minimum Gasteiger partial charge on any atom is -0.508 e. The molecule has 6 amide bonds. The van der Waals surface area contributed by atoms with Crippen LogP contribution in [0.15, 0.2) is 24.3 Å². The summed E-state index contributed by atoms with van der Waals surface area (Å²) >= 11 is 0. The van der Waals surface area contributed by atoms with Crippen molar-refractivity contribution in [3.63, 3.8) is 0 Å². The van der Waals surface area contributed by atoms with Crippen LogP contribution in [0.4, 0.5) is 0 Å². The monoisotopic (exact) mass is 753 g/mol. The molecule has 0 fully saturated rings. The first kappa shape index (κ1) is 45.7. The van der Waals surface area contributed by atoms with E-state index in [9.17, 15) is 58.8 Å². The van der Waals surface area contributed by atoms with Crippen LogP contribution in [0, 0.1) is 5.92 Å². The molecule has 0 unspecified atom stereocenters. The molecule has 0 bridgehead atoms. The molecular weight excluding hydrogens is 702 g/mol. The molecule has 0 spiro atoms. The minimum atomic E-state index is -1.69. The van der Waals surface area contributed by atoms with E-state index in [4.69, 9.17) is 10.8 Å². The molecule has 13 N–H and O–H groups in total. The van der Waals surface area contributed by atoms with Gasteiger partial charge in [-0.1, -0.05) is 26.0 Å². The number of phenols is 1. The van der Waals surface area contributed by atoms with E-state index in [1.807, 2.05) is 0 Å². The van der Waals surface area contributed by atoms with Crippen molar-refractivity contribution in [1.82, 2.24) is 31.9 Å². The average Bonchev–Trinajstić information content (AvgIpc) is 3.07. The summed E-state index contributed by atoms with van der Waals surface area (Å²) in [5, 5.41) is 61.5. The Bertz CT molecular complexity index is 1450. The first-order valence-corrected chi connectivity index (χ1v) is 16.8. The molecule has 0 aromatic heterocycles. The number of aliphatic hydroxyl groups is 2. The maximum atomic E-state index is 13.1. The second-order valence-corrected chi connectivity index (χ2v) is 12.9. The highest BCUT2D eigenvalue weighted by Crippen LogP contribution is 2.11. The Morgan fingerprint density at radius 2 is 1.15 bits per heavy atom. The van der Waals surface area contributed by atoms with E-state index in [1.54, 1.807) is 26.0 Å². The van der Waals surface area contributed by atoms with Crippen LogP contribution in [0.1, 0.15) is 59.4 Å². The van der Waals surface area contributed by atoms with Crippen molar-refractivity contribution in [1.29, 1.82) is 0 Å². The zero-order valence-electron chi connectivity index (χ0n) is 30.1. The zero-order chi connectivity index (χ0) is 40.6. The third-order valence-electron chi connectivity index (χ3n) is 7.71. The van der Waals surface area contributed by atoms with Gasteiger partial charge in [0.05, 0.1) is 18.8 Å². The first-order chi connectivity index (χ1) is 24.7. The fourth-order valence-electron chi connectivity index (χ4n) is 4.68. The highest BCUT2D eigenvalue weighted by Gasteiger charge is 2.34. The van der Waals surface area contributed by atoms with Gasteiger partial charge >= 0.3 is 11.9 Å². The number of carboxylic acid groups (broad SMARTS) is 2. The van der Waals surface area contributed by atoms with E-state index in [1.165, 1.54) is 32.9 Å². The van der Waals surface area contributed by atoms with Crippen molar-refractivity contribution in [3.05, 3.63) is 29.8 Å². The fourth-order valence-corrected chi connectivity index (χ4v) is 4.68. The highest BCUT2D eigenvalue weighted by molar-refractivity contribution is 5.97. The number of amides is 6. The van der Waals surface area contributed by atoms with Crippen molar-refractivity contribution >= 4 is 47.4 Å². The maximum Gasteiger partial charge on any atom is 0.326 e. The average molecular weight is 754 g/mol.